The molecular weight excluding hydrogens is 375 g/mol. The van der Waals surface area contributed by atoms with E-state index in [4.69, 9.17) is 4.74 Å². The average Bonchev–Trinajstić information content (AvgIpc) is 2.51. The fourth-order valence-electron chi connectivity index (χ4n) is 2.68. The van der Waals surface area contributed by atoms with Crippen molar-refractivity contribution in [2.24, 2.45) is 5.92 Å². The molecule has 2 rings (SSSR count). The van der Waals surface area contributed by atoms with Gasteiger partial charge in [-0.2, -0.15) is 8.42 Å². The molecule has 0 fully saturated rings. The standard InChI is InChI=1S/C18H25FN2O5S/c1-12-10-21(17(22)26-18(2,3)4)7-6-14(12)13-8-15(19)16(20-9-13)11-25-27(5,23)24/h6,8-9,12H,7,10-11H2,1-5H3. The molecule has 0 radical (unpaired) electrons. The summed E-state index contributed by atoms with van der Waals surface area (Å²) < 4.78 is 46.3. The smallest absolute Gasteiger partial charge is 0.410 e. The highest BCUT2D eigenvalue weighted by Gasteiger charge is 2.27. The third-order valence-electron chi connectivity index (χ3n) is 3.87. The average molecular weight is 400 g/mol. The van der Waals surface area contributed by atoms with Gasteiger partial charge in [-0.15, -0.1) is 0 Å². The van der Waals surface area contributed by atoms with Crippen molar-refractivity contribution in [3.8, 4) is 0 Å². The molecule has 1 aromatic heterocycles. The van der Waals surface area contributed by atoms with E-state index in [9.17, 15) is 17.6 Å². The Bertz CT molecular complexity index is 846. The molecule has 1 atom stereocenters. The summed E-state index contributed by atoms with van der Waals surface area (Å²) in [7, 11) is -3.67. The van der Waals surface area contributed by atoms with Crippen molar-refractivity contribution in [2.75, 3.05) is 19.3 Å². The van der Waals surface area contributed by atoms with Crippen molar-refractivity contribution in [2.45, 2.75) is 39.9 Å². The molecule has 0 N–H and O–H groups in total. The second-order valence-electron chi connectivity index (χ2n) is 7.56. The van der Waals surface area contributed by atoms with Crippen LogP contribution < -0.4 is 0 Å². The van der Waals surface area contributed by atoms with Gasteiger partial charge in [-0.1, -0.05) is 13.0 Å². The summed E-state index contributed by atoms with van der Waals surface area (Å²) >= 11 is 0. The van der Waals surface area contributed by atoms with Gasteiger partial charge in [-0.3, -0.25) is 9.17 Å². The lowest BCUT2D eigenvalue weighted by Gasteiger charge is -2.33. The Morgan fingerprint density at radius 3 is 2.59 bits per heavy atom. The number of carbonyl (C=O) groups excluding carboxylic acids is 1. The largest absolute Gasteiger partial charge is 0.444 e. The van der Waals surface area contributed by atoms with E-state index >= 15 is 0 Å². The van der Waals surface area contributed by atoms with Crippen LogP contribution in [0.5, 0.6) is 0 Å². The molecule has 1 aliphatic heterocycles. The summed E-state index contributed by atoms with van der Waals surface area (Å²) in [5, 5.41) is 0. The molecule has 7 nitrogen and oxygen atoms in total. The number of nitrogens with zero attached hydrogens (tertiary/aromatic N) is 2. The number of hydrogen-bond acceptors (Lipinski definition) is 6. The van der Waals surface area contributed by atoms with E-state index in [-0.39, 0.29) is 17.7 Å². The van der Waals surface area contributed by atoms with Crippen LogP contribution >= 0.6 is 0 Å². The molecule has 2 heterocycles. The molecular formula is C18H25FN2O5S. The van der Waals surface area contributed by atoms with Crippen molar-refractivity contribution in [1.82, 2.24) is 9.88 Å². The number of aromatic nitrogens is 1. The highest BCUT2D eigenvalue weighted by atomic mass is 32.2. The molecule has 1 unspecified atom stereocenters. The molecule has 0 aliphatic carbocycles. The van der Waals surface area contributed by atoms with E-state index in [0.29, 0.717) is 18.7 Å². The Labute approximate surface area is 159 Å². The van der Waals surface area contributed by atoms with Gasteiger partial charge < -0.3 is 9.64 Å². The summed E-state index contributed by atoms with van der Waals surface area (Å²) in [6, 6.07) is 1.31. The topological polar surface area (TPSA) is 85.8 Å². The minimum atomic E-state index is -3.67. The molecule has 0 spiro atoms. The van der Waals surface area contributed by atoms with Gasteiger partial charge in [0.2, 0.25) is 0 Å². The van der Waals surface area contributed by atoms with Crippen LogP contribution in [0.3, 0.4) is 0 Å². The molecule has 9 heteroatoms. The predicted octanol–water partition coefficient (Wildman–Crippen LogP) is 2.97. The summed E-state index contributed by atoms with van der Waals surface area (Å²) in [5.41, 5.74) is 0.814. The molecule has 0 saturated heterocycles. The molecule has 0 aromatic carbocycles. The van der Waals surface area contributed by atoms with Crippen molar-refractivity contribution in [3.63, 3.8) is 0 Å². The van der Waals surface area contributed by atoms with E-state index in [1.54, 1.807) is 4.90 Å². The van der Waals surface area contributed by atoms with Crippen molar-refractivity contribution in [3.05, 3.63) is 35.4 Å². The second-order valence-corrected chi connectivity index (χ2v) is 9.21. The van der Waals surface area contributed by atoms with E-state index < -0.39 is 28.1 Å². The van der Waals surface area contributed by atoms with Crippen molar-refractivity contribution < 1.29 is 26.5 Å². The number of halogens is 1. The molecule has 0 saturated carbocycles. The maximum atomic E-state index is 14.2. The second kappa shape index (κ2) is 7.93. The lowest BCUT2D eigenvalue weighted by atomic mass is 9.91. The number of amides is 1. The Balaban J connectivity index is 2.12. The third kappa shape index (κ3) is 6.28. The Morgan fingerprint density at radius 1 is 1.41 bits per heavy atom. The minimum absolute atomic E-state index is 0.0365. The van der Waals surface area contributed by atoms with Crippen LogP contribution in [0.4, 0.5) is 9.18 Å². The van der Waals surface area contributed by atoms with E-state index in [0.717, 1.165) is 11.8 Å². The van der Waals surface area contributed by atoms with Crippen LogP contribution in [0.15, 0.2) is 18.3 Å². The van der Waals surface area contributed by atoms with Crippen LogP contribution in [-0.2, 0) is 25.6 Å². The molecule has 0 bridgehead atoms. The fraction of sp³-hybridized carbons (Fsp3) is 0.556. The first-order valence-electron chi connectivity index (χ1n) is 8.53. The van der Waals surface area contributed by atoms with Gasteiger partial charge >= 0.3 is 6.09 Å². The van der Waals surface area contributed by atoms with Gasteiger partial charge in [-0.25, -0.2) is 9.18 Å². The zero-order chi connectivity index (χ0) is 20.4. The molecule has 150 valence electrons. The maximum absolute atomic E-state index is 14.2. The molecule has 1 aromatic rings. The van der Waals surface area contributed by atoms with E-state index in [1.807, 2.05) is 33.8 Å². The van der Waals surface area contributed by atoms with Gasteiger partial charge in [0.1, 0.15) is 23.7 Å². The minimum Gasteiger partial charge on any atom is -0.444 e. The van der Waals surface area contributed by atoms with Crippen LogP contribution in [0, 0.1) is 11.7 Å². The highest BCUT2D eigenvalue weighted by molar-refractivity contribution is 7.85. The lowest BCUT2D eigenvalue weighted by molar-refractivity contribution is 0.0251. The summed E-state index contributed by atoms with van der Waals surface area (Å²) in [6.07, 6.45) is 3.84. The van der Waals surface area contributed by atoms with Gasteiger partial charge in [-0.05, 0) is 43.9 Å². The summed E-state index contributed by atoms with van der Waals surface area (Å²) in [6.45, 7) is 7.71. The molecule has 1 amide bonds. The van der Waals surface area contributed by atoms with Crippen molar-refractivity contribution >= 4 is 21.8 Å². The van der Waals surface area contributed by atoms with Crippen LogP contribution in [0.1, 0.15) is 39.0 Å². The Hall–Kier alpha value is -2.00. The number of rotatable bonds is 4. The van der Waals surface area contributed by atoms with Crippen LogP contribution in [0.2, 0.25) is 0 Å². The summed E-state index contributed by atoms with van der Waals surface area (Å²) in [4.78, 5) is 17.8. The first-order valence-corrected chi connectivity index (χ1v) is 10.3. The van der Waals surface area contributed by atoms with E-state index in [1.165, 1.54) is 12.3 Å². The maximum Gasteiger partial charge on any atom is 0.410 e. The van der Waals surface area contributed by atoms with Crippen LogP contribution in [-0.4, -0.2) is 49.3 Å². The number of pyridine rings is 1. The molecule has 1 aliphatic rings. The molecule has 27 heavy (non-hydrogen) atoms. The zero-order valence-electron chi connectivity index (χ0n) is 16.2. The monoisotopic (exact) mass is 400 g/mol. The first-order chi connectivity index (χ1) is 12.4. The lowest BCUT2D eigenvalue weighted by Crippen LogP contribution is -2.41. The van der Waals surface area contributed by atoms with Crippen LogP contribution in [0.25, 0.3) is 5.57 Å². The van der Waals surface area contributed by atoms with Gasteiger partial charge in [0.25, 0.3) is 10.1 Å². The number of ether oxygens (including phenoxy) is 1. The quantitative estimate of drug-likeness (QED) is 0.723. The normalized spacial score (nSPS) is 18.2. The van der Waals surface area contributed by atoms with E-state index in [2.05, 4.69) is 9.17 Å². The predicted molar refractivity (Wildman–Crippen MR) is 98.8 cm³/mol. The third-order valence-corrected chi connectivity index (χ3v) is 4.41. The zero-order valence-corrected chi connectivity index (χ0v) is 17.0. The first kappa shape index (κ1) is 21.3. The summed E-state index contributed by atoms with van der Waals surface area (Å²) in [5.74, 6) is -0.676. The number of hydrogen-bond donors (Lipinski definition) is 0. The Morgan fingerprint density at radius 2 is 2.07 bits per heavy atom. The van der Waals surface area contributed by atoms with Gasteiger partial charge in [0.05, 0.1) is 6.26 Å². The number of carbonyl (C=O) groups is 1. The SMILES string of the molecule is CC1CN(C(=O)OC(C)(C)C)CC=C1c1cnc(COS(C)(=O)=O)c(F)c1. The van der Waals surface area contributed by atoms with Gasteiger partial charge in [0.15, 0.2) is 0 Å². The van der Waals surface area contributed by atoms with Crippen molar-refractivity contribution in [1.29, 1.82) is 0 Å². The van der Waals surface area contributed by atoms with Gasteiger partial charge in [0, 0.05) is 19.3 Å². The fourth-order valence-corrected chi connectivity index (χ4v) is 3.01. The highest BCUT2D eigenvalue weighted by Crippen LogP contribution is 2.29. The Kier molecular flexibility index (Phi) is 6.26.